The largest absolute Gasteiger partial charge is 0.494 e. The van der Waals surface area contributed by atoms with Gasteiger partial charge in [-0.25, -0.2) is 4.98 Å². The molecule has 3 atom stereocenters. The van der Waals surface area contributed by atoms with Crippen LogP contribution in [0.2, 0.25) is 0 Å². The number of amides is 3. The van der Waals surface area contributed by atoms with Gasteiger partial charge in [-0.2, -0.15) is 0 Å². The summed E-state index contributed by atoms with van der Waals surface area (Å²) in [7, 11) is 0. The van der Waals surface area contributed by atoms with Gasteiger partial charge >= 0.3 is 0 Å². The molecule has 0 bridgehead atoms. The molecule has 8 heteroatoms. The third-order valence-electron chi connectivity index (χ3n) is 5.21. The zero-order chi connectivity index (χ0) is 19.8. The lowest BCUT2D eigenvalue weighted by Crippen LogP contribution is -2.46. The number of hydrogen-bond donors (Lipinski definition) is 1. The fourth-order valence-electron chi connectivity index (χ4n) is 3.75. The van der Waals surface area contributed by atoms with E-state index in [9.17, 15) is 14.4 Å². The molecule has 2 heterocycles. The highest BCUT2D eigenvalue weighted by Crippen LogP contribution is 2.36. The molecule has 1 fully saturated rings. The molecule has 1 aromatic heterocycles. The van der Waals surface area contributed by atoms with E-state index in [1.54, 1.807) is 6.92 Å². The van der Waals surface area contributed by atoms with Crippen molar-refractivity contribution in [1.29, 1.82) is 0 Å². The highest BCUT2D eigenvalue weighted by Gasteiger charge is 2.50. The molecule has 3 amide bonds. The minimum Gasteiger partial charge on any atom is -0.494 e. The maximum absolute atomic E-state index is 12.7. The Morgan fingerprint density at radius 1 is 1.29 bits per heavy atom. The van der Waals surface area contributed by atoms with Gasteiger partial charge < -0.3 is 10.1 Å². The van der Waals surface area contributed by atoms with Crippen LogP contribution >= 0.6 is 11.3 Å². The summed E-state index contributed by atoms with van der Waals surface area (Å²) in [5, 5.41) is 3.18. The number of benzene rings is 1. The van der Waals surface area contributed by atoms with Crippen LogP contribution in [0.15, 0.2) is 30.4 Å². The number of nitrogens with zero attached hydrogens (tertiary/aromatic N) is 2. The summed E-state index contributed by atoms with van der Waals surface area (Å²) in [6, 6.07) is 4.66. The number of imide groups is 1. The second-order valence-corrected chi connectivity index (χ2v) is 7.98. The van der Waals surface area contributed by atoms with Crippen LogP contribution in [0.3, 0.4) is 0 Å². The van der Waals surface area contributed by atoms with Crippen LogP contribution in [0.25, 0.3) is 10.2 Å². The first-order chi connectivity index (χ1) is 13.5. The standard InChI is InChI=1S/C20H21N3O4S/c1-3-27-12-8-9-15-16(10-12)28-20(21-15)22-17(24)11(2)23-18(25)13-6-4-5-7-14(13)19(23)26/h4-5,8-11,13-14H,3,6-7H2,1-2H3,(H,21,22,24)/t11-,13-,14+/m0/s1. The maximum Gasteiger partial charge on any atom is 0.249 e. The van der Waals surface area contributed by atoms with Crippen molar-refractivity contribution < 1.29 is 19.1 Å². The molecular formula is C20H21N3O4S. The van der Waals surface area contributed by atoms with Crippen molar-refractivity contribution in [2.75, 3.05) is 11.9 Å². The molecule has 1 aliphatic heterocycles. The van der Waals surface area contributed by atoms with Gasteiger partial charge in [0.2, 0.25) is 17.7 Å². The van der Waals surface area contributed by atoms with E-state index in [2.05, 4.69) is 10.3 Å². The zero-order valence-corrected chi connectivity index (χ0v) is 16.5. The van der Waals surface area contributed by atoms with E-state index in [-0.39, 0.29) is 23.7 Å². The van der Waals surface area contributed by atoms with E-state index in [1.807, 2.05) is 37.3 Å². The van der Waals surface area contributed by atoms with Gasteiger partial charge in [0.15, 0.2) is 5.13 Å². The van der Waals surface area contributed by atoms with E-state index in [0.29, 0.717) is 24.6 Å². The summed E-state index contributed by atoms with van der Waals surface area (Å²) >= 11 is 1.33. The molecule has 0 radical (unpaired) electrons. The van der Waals surface area contributed by atoms with E-state index >= 15 is 0 Å². The Bertz CT molecular complexity index is 957. The number of carbonyl (C=O) groups excluding carboxylic acids is 3. The van der Waals surface area contributed by atoms with Gasteiger partial charge in [0, 0.05) is 0 Å². The Morgan fingerprint density at radius 2 is 1.96 bits per heavy atom. The van der Waals surface area contributed by atoms with E-state index in [4.69, 9.17) is 4.74 Å². The summed E-state index contributed by atoms with van der Waals surface area (Å²) < 4.78 is 6.37. The summed E-state index contributed by atoms with van der Waals surface area (Å²) in [5.74, 6) is -0.869. The molecule has 0 spiro atoms. The van der Waals surface area contributed by atoms with Gasteiger partial charge in [-0.15, -0.1) is 0 Å². The van der Waals surface area contributed by atoms with Gasteiger partial charge in [-0.1, -0.05) is 23.5 Å². The zero-order valence-electron chi connectivity index (χ0n) is 15.7. The van der Waals surface area contributed by atoms with Crippen LogP contribution in [0.4, 0.5) is 5.13 Å². The first-order valence-electron chi connectivity index (χ1n) is 9.35. The Balaban J connectivity index is 1.49. The minimum absolute atomic E-state index is 0.257. The number of anilines is 1. The van der Waals surface area contributed by atoms with Crippen molar-refractivity contribution in [3.8, 4) is 5.75 Å². The molecule has 1 N–H and O–H groups in total. The van der Waals surface area contributed by atoms with Crippen LogP contribution in [0.5, 0.6) is 5.75 Å². The molecule has 2 aliphatic rings. The molecule has 1 saturated heterocycles. The van der Waals surface area contributed by atoms with E-state index in [0.717, 1.165) is 20.9 Å². The number of rotatable bonds is 5. The topological polar surface area (TPSA) is 88.6 Å². The Morgan fingerprint density at radius 3 is 2.61 bits per heavy atom. The molecule has 1 aromatic carbocycles. The molecule has 0 saturated carbocycles. The lowest BCUT2D eigenvalue weighted by atomic mass is 9.85. The Hall–Kier alpha value is -2.74. The summed E-state index contributed by atoms with van der Waals surface area (Å²) in [4.78, 5) is 43.5. The monoisotopic (exact) mass is 399 g/mol. The molecular weight excluding hydrogens is 378 g/mol. The molecule has 4 rings (SSSR count). The number of fused-ring (bicyclic) bond motifs is 2. The second-order valence-electron chi connectivity index (χ2n) is 6.95. The number of carbonyl (C=O) groups is 3. The number of aromatic nitrogens is 1. The number of likely N-dealkylation sites (tertiary alicyclic amines) is 1. The average Bonchev–Trinajstić information content (AvgIpc) is 3.20. The smallest absolute Gasteiger partial charge is 0.249 e. The van der Waals surface area contributed by atoms with Crippen LogP contribution in [0, 0.1) is 11.8 Å². The van der Waals surface area contributed by atoms with Gasteiger partial charge in [-0.05, 0) is 44.9 Å². The normalized spacial score (nSPS) is 22.4. The SMILES string of the molecule is CCOc1ccc2nc(NC(=O)[C@H](C)N3C(=O)[C@H]4CC=CC[C@H]4C3=O)sc2c1. The maximum atomic E-state index is 12.7. The highest BCUT2D eigenvalue weighted by molar-refractivity contribution is 7.22. The summed E-state index contributed by atoms with van der Waals surface area (Å²) in [6.07, 6.45) is 4.97. The number of thiazole rings is 1. The summed E-state index contributed by atoms with van der Waals surface area (Å²) in [5.41, 5.74) is 0.752. The predicted molar refractivity (Wildman–Crippen MR) is 106 cm³/mol. The lowest BCUT2D eigenvalue weighted by Gasteiger charge is -2.21. The second kappa shape index (κ2) is 7.35. The molecule has 146 valence electrons. The van der Waals surface area contributed by atoms with Crippen molar-refractivity contribution in [1.82, 2.24) is 9.88 Å². The third kappa shape index (κ3) is 3.17. The number of nitrogens with one attached hydrogen (secondary N) is 1. The predicted octanol–water partition coefficient (Wildman–Crippen LogP) is 2.97. The number of allylic oxidation sites excluding steroid dienone is 2. The fraction of sp³-hybridized carbons (Fsp3) is 0.400. The Labute approximate surface area is 166 Å². The molecule has 2 aromatic rings. The van der Waals surface area contributed by atoms with E-state index < -0.39 is 11.9 Å². The lowest BCUT2D eigenvalue weighted by molar-refractivity contribution is -0.146. The van der Waals surface area contributed by atoms with Crippen LogP contribution in [0.1, 0.15) is 26.7 Å². The first-order valence-corrected chi connectivity index (χ1v) is 10.2. The van der Waals surface area contributed by atoms with Gasteiger partial charge in [0.25, 0.3) is 0 Å². The van der Waals surface area contributed by atoms with Crippen LogP contribution < -0.4 is 10.1 Å². The third-order valence-corrected chi connectivity index (χ3v) is 6.14. The van der Waals surface area contributed by atoms with Crippen molar-refractivity contribution in [2.24, 2.45) is 11.8 Å². The number of ether oxygens (including phenoxy) is 1. The first kappa shape index (κ1) is 18.6. The van der Waals surface area contributed by atoms with Crippen molar-refractivity contribution in [3.63, 3.8) is 0 Å². The summed E-state index contributed by atoms with van der Waals surface area (Å²) in [6.45, 7) is 4.06. The molecule has 7 nitrogen and oxygen atoms in total. The number of hydrogen-bond acceptors (Lipinski definition) is 6. The highest BCUT2D eigenvalue weighted by atomic mass is 32.1. The fourth-order valence-corrected chi connectivity index (χ4v) is 4.65. The quantitative estimate of drug-likeness (QED) is 0.617. The molecule has 1 aliphatic carbocycles. The van der Waals surface area contributed by atoms with Crippen LogP contribution in [-0.4, -0.2) is 40.3 Å². The molecule has 28 heavy (non-hydrogen) atoms. The minimum atomic E-state index is -0.878. The van der Waals surface area contributed by atoms with Crippen molar-refractivity contribution in [3.05, 3.63) is 30.4 Å². The Kier molecular flexibility index (Phi) is 4.89. The van der Waals surface area contributed by atoms with E-state index in [1.165, 1.54) is 11.3 Å². The average molecular weight is 399 g/mol. The van der Waals surface area contributed by atoms with Gasteiger partial charge in [-0.3, -0.25) is 19.3 Å². The van der Waals surface area contributed by atoms with Crippen LogP contribution in [-0.2, 0) is 14.4 Å². The van der Waals surface area contributed by atoms with Gasteiger partial charge in [0.1, 0.15) is 11.8 Å². The van der Waals surface area contributed by atoms with Crippen molar-refractivity contribution >= 4 is 44.4 Å². The molecule has 0 unspecified atom stereocenters. The van der Waals surface area contributed by atoms with Crippen molar-refractivity contribution in [2.45, 2.75) is 32.7 Å². The van der Waals surface area contributed by atoms with Gasteiger partial charge in [0.05, 0.1) is 28.7 Å².